The second kappa shape index (κ2) is 11.7. The summed E-state index contributed by atoms with van der Waals surface area (Å²) in [5.41, 5.74) is 12.0. The maximum Gasteiger partial charge on any atom is 0.248 e. The summed E-state index contributed by atoms with van der Waals surface area (Å²) in [4.78, 5) is 18.7. The number of carbonyl (C=O) groups is 1. The first-order valence-corrected chi connectivity index (χ1v) is 13.8. The van der Waals surface area contributed by atoms with E-state index >= 15 is 0 Å². The van der Waals surface area contributed by atoms with Crippen LogP contribution in [0.15, 0.2) is 90.9 Å². The minimum absolute atomic E-state index is 0.428. The largest absolute Gasteiger partial charge is 0.369 e. The van der Waals surface area contributed by atoms with Gasteiger partial charge in [-0.25, -0.2) is 0 Å². The maximum absolute atomic E-state index is 11.5. The third-order valence-corrected chi connectivity index (χ3v) is 7.95. The van der Waals surface area contributed by atoms with Crippen molar-refractivity contribution in [2.75, 3.05) is 36.4 Å². The van der Waals surface area contributed by atoms with E-state index in [4.69, 9.17) is 5.73 Å². The number of piperazine rings is 1. The zero-order chi connectivity index (χ0) is 26.5. The molecule has 2 aromatic carbocycles. The van der Waals surface area contributed by atoms with E-state index in [2.05, 4.69) is 63.0 Å². The number of nitrogens with zero attached hydrogens (tertiary/aromatic N) is 3. The van der Waals surface area contributed by atoms with Crippen LogP contribution in [0.2, 0.25) is 0 Å². The van der Waals surface area contributed by atoms with Crippen LogP contribution in [-0.2, 0) is 0 Å². The van der Waals surface area contributed by atoms with Crippen LogP contribution >= 0.6 is 0 Å². The molecule has 0 spiro atoms. The quantitative estimate of drug-likeness (QED) is 0.484. The predicted molar refractivity (Wildman–Crippen MR) is 158 cm³/mol. The second-order valence-electron chi connectivity index (χ2n) is 10.4. The predicted octanol–water partition coefficient (Wildman–Crippen LogP) is 5.94. The van der Waals surface area contributed by atoms with Crippen molar-refractivity contribution in [3.05, 3.63) is 102 Å². The fourth-order valence-electron chi connectivity index (χ4n) is 5.79. The van der Waals surface area contributed by atoms with Gasteiger partial charge in [-0.05, 0) is 73.9 Å². The lowest BCUT2D eigenvalue weighted by atomic mass is 9.94. The van der Waals surface area contributed by atoms with Gasteiger partial charge >= 0.3 is 0 Å². The third-order valence-electron chi connectivity index (χ3n) is 7.95. The van der Waals surface area contributed by atoms with Gasteiger partial charge in [-0.15, -0.1) is 0 Å². The molecule has 1 saturated carbocycles. The normalized spacial score (nSPS) is 19.4. The minimum Gasteiger partial charge on any atom is -0.369 e. The number of rotatable bonds is 7. The van der Waals surface area contributed by atoms with Crippen molar-refractivity contribution < 1.29 is 4.79 Å². The standard InChI is InChI=1S/C32H39N5O/c1-3-19-37-24(2)30(17-18-31(37)25-9-11-26(12-10-25)32(33)38)34-27-13-15-29(16-14-27)36-22-20-35(21-23-36)28-7-5-4-6-8-28/h3,9-19,28,34H,2,4-8,20-23H2,1H3,(H2,33,38)/b19-3-. The molecule has 6 nitrogen and oxygen atoms in total. The van der Waals surface area contributed by atoms with Gasteiger partial charge in [0.25, 0.3) is 0 Å². The number of benzene rings is 2. The SMILES string of the molecule is C=C1C(Nc2ccc(N3CCN(C4CCCCC4)CC3)cc2)=CC=C(c2ccc(C(N)=O)cc2)N1/C=C\C. The smallest absolute Gasteiger partial charge is 0.248 e. The van der Waals surface area contributed by atoms with Crippen LogP contribution in [0.25, 0.3) is 5.70 Å². The monoisotopic (exact) mass is 509 g/mol. The molecule has 198 valence electrons. The molecular weight excluding hydrogens is 470 g/mol. The molecule has 3 aliphatic rings. The first-order valence-electron chi connectivity index (χ1n) is 13.8. The van der Waals surface area contributed by atoms with E-state index in [-0.39, 0.29) is 0 Å². The lowest BCUT2D eigenvalue weighted by molar-refractivity contribution is 0.100. The summed E-state index contributed by atoms with van der Waals surface area (Å²) < 4.78 is 0. The lowest BCUT2D eigenvalue weighted by Crippen LogP contribution is -2.50. The topological polar surface area (TPSA) is 64.8 Å². The Hall–Kier alpha value is -3.77. The van der Waals surface area contributed by atoms with E-state index in [0.29, 0.717) is 5.56 Å². The summed E-state index contributed by atoms with van der Waals surface area (Å²) in [5.74, 6) is -0.428. The highest BCUT2D eigenvalue weighted by Crippen LogP contribution is 2.33. The van der Waals surface area contributed by atoms with Gasteiger partial charge in [0.15, 0.2) is 0 Å². The Bertz CT molecular complexity index is 1230. The number of amides is 1. The summed E-state index contributed by atoms with van der Waals surface area (Å²) in [6, 6.07) is 16.9. The molecule has 38 heavy (non-hydrogen) atoms. The molecule has 0 unspecified atom stereocenters. The molecule has 3 N–H and O–H groups in total. The van der Waals surface area contributed by atoms with Crippen molar-refractivity contribution in [3.63, 3.8) is 0 Å². The van der Waals surface area contributed by atoms with Gasteiger partial charge in [0.05, 0.1) is 17.1 Å². The Morgan fingerprint density at radius 3 is 2.26 bits per heavy atom. The zero-order valence-electron chi connectivity index (χ0n) is 22.4. The summed E-state index contributed by atoms with van der Waals surface area (Å²) >= 11 is 0. The molecule has 0 aromatic heterocycles. The Labute approximate surface area is 226 Å². The average molecular weight is 510 g/mol. The van der Waals surface area contributed by atoms with Crippen LogP contribution in [-0.4, -0.2) is 47.9 Å². The molecule has 1 aliphatic carbocycles. The van der Waals surface area contributed by atoms with Crippen molar-refractivity contribution >= 4 is 23.0 Å². The Morgan fingerprint density at radius 1 is 0.947 bits per heavy atom. The van der Waals surface area contributed by atoms with Gasteiger partial charge in [0.1, 0.15) is 0 Å². The molecule has 2 heterocycles. The van der Waals surface area contributed by atoms with Crippen molar-refractivity contribution in [2.45, 2.75) is 45.1 Å². The van der Waals surface area contributed by atoms with Crippen LogP contribution in [0, 0.1) is 0 Å². The summed E-state index contributed by atoms with van der Waals surface area (Å²) in [5, 5.41) is 3.55. The van der Waals surface area contributed by atoms with Gasteiger partial charge < -0.3 is 20.9 Å². The Morgan fingerprint density at radius 2 is 1.63 bits per heavy atom. The number of carbonyl (C=O) groups excluding carboxylic acids is 1. The molecule has 0 radical (unpaired) electrons. The van der Waals surface area contributed by atoms with Crippen molar-refractivity contribution in [3.8, 4) is 0 Å². The third kappa shape index (κ3) is 5.70. The first-order chi connectivity index (χ1) is 18.5. The molecular formula is C32H39N5O. The molecule has 6 heteroatoms. The van der Waals surface area contributed by atoms with E-state index in [1.54, 1.807) is 12.1 Å². The van der Waals surface area contributed by atoms with Crippen molar-refractivity contribution in [1.29, 1.82) is 0 Å². The number of anilines is 2. The highest BCUT2D eigenvalue weighted by atomic mass is 16.1. The molecule has 2 aliphatic heterocycles. The fourth-order valence-corrected chi connectivity index (χ4v) is 5.79. The van der Waals surface area contributed by atoms with Gasteiger partial charge in [0, 0.05) is 55.4 Å². The van der Waals surface area contributed by atoms with Gasteiger partial charge in [-0.1, -0.05) is 44.1 Å². The van der Waals surface area contributed by atoms with Crippen LogP contribution in [0.4, 0.5) is 11.4 Å². The van der Waals surface area contributed by atoms with E-state index in [0.717, 1.165) is 60.6 Å². The van der Waals surface area contributed by atoms with Gasteiger partial charge in [-0.3, -0.25) is 9.69 Å². The van der Waals surface area contributed by atoms with E-state index in [1.807, 2.05) is 31.3 Å². The summed E-state index contributed by atoms with van der Waals surface area (Å²) in [7, 11) is 0. The zero-order valence-corrected chi connectivity index (χ0v) is 22.4. The van der Waals surface area contributed by atoms with E-state index in [1.165, 1.54) is 37.8 Å². The molecule has 2 aromatic rings. The maximum atomic E-state index is 11.5. The fraction of sp³-hybridized carbons (Fsp3) is 0.344. The van der Waals surface area contributed by atoms with E-state index in [9.17, 15) is 4.79 Å². The molecule has 5 rings (SSSR count). The Balaban J connectivity index is 1.25. The number of hydrogen-bond donors (Lipinski definition) is 2. The van der Waals surface area contributed by atoms with Crippen LogP contribution in [0.5, 0.6) is 0 Å². The Kier molecular flexibility index (Phi) is 7.99. The lowest BCUT2D eigenvalue weighted by Gasteiger charge is -2.41. The summed E-state index contributed by atoms with van der Waals surface area (Å²) in [6.07, 6.45) is 15.1. The number of allylic oxidation sites excluding steroid dienone is 3. The van der Waals surface area contributed by atoms with Crippen molar-refractivity contribution in [1.82, 2.24) is 9.80 Å². The number of hydrogen-bond acceptors (Lipinski definition) is 5. The molecule has 2 fully saturated rings. The van der Waals surface area contributed by atoms with E-state index < -0.39 is 5.91 Å². The highest BCUT2D eigenvalue weighted by molar-refractivity contribution is 5.93. The number of nitrogens with one attached hydrogen (secondary N) is 1. The number of primary amides is 1. The molecule has 0 atom stereocenters. The average Bonchev–Trinajstić information content (AvgIpc) is 2.96. The molecule has 0 bridgehead atoms. The number of nitrogens with two attached hydrogens (primary N) is 1. The van der Waals surface area contributed by atoms with Crippen LogP contribution in [0.3, 0.4) is 0 Å². The highest BCUT2D eigenvalue weighted by Gasteiger charge is 2.25. The van der Waals surface area contributed by atoms with Gasteiger partial charge in [-0.2, -0.15) is 0 Å². The van der Waals surface area contributed by atoms with Crippen LogP contribution < -0.4 is 16.0 Å². The summed E-state index contributed by atoms with van der Waals surface area (Å²) in [6.45, 7) is 10.9. The van der Waals surface area contributed by atoms with Crippen molar-refractivity contribution in [2.24, 2.45) is 5.73 Å². The molecule has 1 saturated heterocycles. The second-order valence-corrected chi connectivity index (χ2v) is 10.4. The van der Waals surface area contributed by atoms with Crippen LogP contribution in [0.1, 0.15) is 54.9 Å². The molecule has 1 amide bonds. The first kappa shape index (κ1) is 25.9. The van der Waals surface area contributed by atoms with Gasteiger partial charge in [0.2, 0.25) is 5.91 Å². The minimum atomic E-state index is -0.428.